The quantitative estimate of drug-likeness (QED) is 0.159. The maximum atomic E-state index is 12.7. The van der Waals surface area contributed by atoms with Crippen molar-refractivity contribution in [2.24, 2.45) is 11.0 Å². The van der Waals surface area contributed by atoms with E-state index in [0.717, 1.165) is 19.3 Å². The first kappa shape index (κ1) is 30.7. The van der Waals surface area contributed by atoms with Crippen LogP contribution in [0, 0.1) is 5.92 Å². The highest BCUT2D eigenvalue weighted by molar-refractivity contribution is 6.45. The van der Waals surface area contributed by atoms with Crippen LogP contribution in [0.3, 0.4) is 0 Å². The number of amides is 1. The van der Waals surface area contributed by atoms with Gasteiger partial charge in [-0.3, -0.25) is 14.4 Å². The van der Waals surface area contributed by atoms with Gasteiger partial charge in [0.25, 0.3) is 5.91 Å². The number of carboxylic acid groups (broad SMARTS) is 1. The van der Waals surface area contributed by atoms with Gasteiger partial charge >= 0.3 is 5.97 Å². The Bertz CT molecular complexity index is 837. The number of carboxylic acids is 1. The summed E-state index contributed by atoms with van der Waals surface area (Å²) in [7, 11) is 0. The maximum Gasteiger partial charge on any atom is 0.306 e. The molecule has 0 fully saturated rings. The fraction of sp³-hybridized carbons (Fsp3) is 0.677. The van der Waals surface area contributed by atoms with Crippen LogP contribution in [0.4, 0.5) is 5.69 Å². The van der Waals surface area contributed by atoms with Gasteiger partial charge in [0, 0.05) is 6.42 Å². The molecule has 0 saturated carbocycles. The summed E-state index contributed by atoms with van der Waals surface area (Å²) in [6.45, 7) is 2.26. The number of rotatable bonds is 22. The molecule has 1 heterocycles. The molecule has 1 unspecified atom stereocenters. The predicted octanol–water partition coefficient (Wildman–Crippen LogP) is 8.09. The minimum atomic E-state index is -0.945. The molecule has 1 amide bonds. The molecule has 1 N–H and O–H groups in total. The molecule has 6 nitrogen and oxygen atoms in total. The Kier molecular flexibility index (Phi) is 15.5. The Morgan fingerprint density at radius 1 is 0.811 bits per heavy atom. The van der Waals surface area contributed by atoms with Gasteiger partial charge in [0.05, 0.1) is 18.0 Å². The Morgan fingerprint density at radius 3 is 1.78 bits per heavy atom. The molecule has 2 rings (SSSR count). The van der Waals surface area contributed by atoms with Crippen LogP contribution in [-0.4, -0.2) is 28.5 Å². The highest BCUT2D eigenvalue weighted by Crippen LogP contribution is 2.23. The molecule has 0 spiro atoms. The number of Topliss-reactive ketones (excluding diaryl/α,β-unsaturated/α-hetero) is 1. The van der Waals surface area contributed by atoms with E-state index in [2.05, 4.69) is 12.0 Å². The highest BCUT2D eigenvalue weighted by Gasteiger charge is 2.31. The summed E-state index contributed by atoms with van der Waals surface area (Å²) in [6.07, 6.45) is 20.7. The number of nitrogens with zero attached hydrogens (tertiary/aromatic N) is 2. The molecule has 1 aliphatic heterocycles. The number of anilines is 1. The maximum absolute atomic E-state index is 12.7. The van der Waals surface area contributed by atoms with Gasteiger partial charge in [-0.1, -0.05) is 128 Å². The first-order chi connectivity index (χ1) is 18.0. The van der Waals surface area contributed by atoms with Gasteiger partial charge in [0.2, 0.25) is 0 Å². The number of carbonyl (C=O) groups is 3. The number of benzene rings is 1. The van der Waals surface area contributed by atoms with E-state index in [1.807, 2.05) is 6.07 Å². The van der Waals surface area contributed by atoms with Crippen LogP contribution in [0.1, 0.15) is 129 Å². The minimum Gasteiger partial charge on any atom is -0.481 e. The second-order valence-electron chi connectivity index (χ2n) is 10.5. The lowest BCUT2D eigenvalue weighted by Gasteiger charge is -2.11. The summed E-state index contributed by atoms with van der Waals surface area (Å²) >= 11 is 0. The van der Waals surface area contributed by atoms with E-state index in [0.29, 0.717) is 12.1 Å². The molecule has 0 aliphatic carbocycles. The van der Waals surface area contributed by atoms with E-state index < -0.39 is 11.9 Å². The third-order valence-electron chi connectivity index (χ3n) is 7.29. The van der Waals surface area contributed by atoms with Crippen LogP contribution >= 0.6 is 0 Å². The van der Waals surface area contributed by atoms with Crippen molar-refractivity contribution in [1.29, 1.82) is 0 Å². The van der Waals surface area contributed by atoms with Crippen LogP contribution in [0.25, 0.3) is 0 Å². The molecule has 0 radical (unpaired) electrons. The first-order valence-corrected chi connectivity index (χ1v) is 14.7. The largest absolute Gasteiger partial charge is 0.481 e. The van der Waals surface area contributed by atoms with Gasteiger partial charge in [0.1, 0.15) is 5.71 Å². The average Bonchev–Trinajstić information content (AvgIpc) is 3.29. The molecule has 1 aliphatic rings. The van der Waals surface area contributed by atoms with Crippen molar-refractivity contribution in [3.8, 4) is 0 Å². The summed E-state index contributed by atoms with van der Waals surface area (Å²) in [4.78, 5) is 36.7. The summed E-state index contributed by atoms with van der Waals surface area (Å²) in [5.74, 6) is -2.27. The molecular formula is C31H48N2O4. The van der Waals surface area contributed by atoms with Crippen LogP contribution in [0.15, 0.2) is 35.4 Å². The molecule has 0 saturated heterocycles. The minimum absolute atomic E-state index is 0.0703. The molecule has 1 aromatic rings. The fourth-order valence-corrected chi connectivity index (χ4v) is 4.95. The number of para-hydroxylation sites is 1. The lowest BCUT2D eigenvalue weighted by molar-refractivity contribution is -0.143. The Morgan fingerprint density at radius 2 is 1.30 bits per heavy atom. The topological polar surface area (TPSA) is 87.0 Å². The lowest BCUT2D eigenvalue weighted by atomic mass is 9.93. The van der Waals surface area contributed by atoms with Gasteiger partial charge < -0.3 is 5.11 Å². The number of aliphatic carboxylic acids is 1. The summed E-state index contributed by atoms with van der Waals surface area (Å²) < 4.78 is 0. The second kappa shape index (κ2) is 18.7. The summed E-state index contributed by atoms with van der Waals surface area (Å²) in [5.41, 5.74) is 0.769. The number of carbonyl (C=O) groups excluding carboxylic acids is 2. The zero-order chi connectivity index (χ0) is 26.7. The third-order valence-corrected chi connectivity index (χ3v) is 7.29. The molecule has 0 bridgehead atoms. The predicted molar refractivity (Wildman–Crippen MR) is 151 cm³/mol. The number of hydrazone groups is 1. The monoisotopic (exact) mass is 512 g/mol. The summed E-state index contributed by atoms with van der Waals surface area (Å²) in [6, 6.07) is 8.96. The lowest BCUT2D eigenvalue weighted by Crippen LogP contribution is -2.23. The molecule has 6 heteroatoms. The molecule has 37 heavy (non-hydrogen) atoms. The van der Waals surface area contributed by atoms with Gasteiger partial charge in [0.15, 0.2) is 5.78 Å². The Labute approximate surface area is 223 Å². The van der Waals surface area contributed by atoms with Crippen molar-refractivity contribution in [3.63, 3.8) is 0 Å². The van der Waals surface area contributed by atoms with E-state index in [-0.39, 0.29) is 30.2 Å². The SMILES string of the molecule is CCCCCCCCCCCCCCCCCCC(CC(=O)C1=NN(c2ccccc2)C(=O)C1)C(=O)O. The van der Waals surface area contributed by atoms with Crippen LogP contribution in [-0.2, 0) is 14.4 Å². The highest BCUT2D eigenvalue weighted by atomic mass is 16.4. The number of hydrogen-bond acceptors (Lipinski definition) is 4. The van der Waals surface area contributed by atoms with Gasteiger partial charge in [-0.05, 0) is 18.6 Å². The number of ketones is 1. The second-order valence-corrected chi connectivity index (χ2v) is 10.5. The first-order valence-electron chi connectivity index (χ1n) is 14.7. The van der Waals surface area contributed by atoms with Gasteiger partial charge in [-0.15, -0.1) is 0 Å². The molecule has 1 atom stereocenters. The standard InChI is InChI=1S/C31H48N2O4/c1-2-3-4-5-6-7-8-9-10-11-12-13-14-15-16-18-21-26(31(36)37)24-29(34)28-25-30(35)33(32-28)27-22-19-17-20-23-27/h17,19-20,22-23,26H,2-16,18,21,24-25H2,1H3,(H,36,37). The van der Waals surface area contributed by atoms with Crippen molar-refractivity contribution < 1.29 is 19.5 Å². The van der Waals surface area contributed by atoms with Crippen LogP contribution < -0.4 is 5.01 Å². The van der Waals surface area contributed by atoms with E-state index in [1.165, 1.54) is 88.5 Å². The zero-order valence-corrected chi connectivity index (χ0v) is 23.0. The van der Waals surface area contributed by atoms with Crippen molar-refractivity contribution in [1.82, 2.24) is 0 Å². The Hall–Kier alpha value is -2.50. The summed E-state index contributed by atoms with van der Waals surface area (Å²) in [5, 5.41) is 15.0. The van der Waals surface area contributed by atoms with Crippen molar-refractivity contribution in [3.05, 3.63) is 30.3 Å². The van der Waals surface area contributed by atoms with Crippen molar-refractivity contribution >= 4 is 29.1 Å². The van der Waals surface area contributed by atoms with E-state index in [4.69, 9.17) is 0 Å². The molecule has 206 valence electrons. The van der Waals surface area contributed by atoms with E-state index in [9.17, 15) is 19.5 Å². The zero-order valence-electron chi connectivity index (χ0n) is 23.0. The van der Waals surface area contributed by atoms with E-state index in [1.54, 1.807) is 24.3 Å². The van der Waals surface area contributed by atoms with Crippen LogP contribution in [0.5, 0.6) is 0 Å². The molecular weight excluding hydrogens is 464 g/mol. The van der Waals surface area contributed by atoms with Crippen molar-refractivity contribution in [2.45, 2.75) is 129 Å². The van der Waals surface area contributed by atoms with Crippen molar-refractivity contribution in [2.75, 3.05) is 5.01 Å². The fourth-order valence-electron chi connectivity index (χ4n) is 4.95. The van der Waals surface area contributed by atoms with Gasteiger partial charge in [-0.25, -0.2) is 5.01 Å². The average molecular weight is 513 g/mol. The van der Waals surface area contributed by atoms with Crippen LogP contribution in [0.2, 0.25) is 0 Å². The molecule has 0 aromatic heterocycles. The third kappa shape index (κ3) is 12.5. The van der Waals surface area contributed by atoms with Gasteiger partial charge in [-0.2, -0.15) is 5.10 Å². The normalized spacial score (nSPS) is 14.1. The molecule has 1 aromatic carbocycles. The number of hydrogen-bond donors (Lipinski definition) is 1. The Balaban J connectivity index is 1.53. The smallest absolute Gasteiger partial charge is 0.306 e. The number of unbranched alkanes of at least 4 members (excludes halogenated alkanes) is 15. The van der Waals surface area contributed by atoms with E-state index >= 15 is 0 Å².